The van der Waals surface area contributed by atoms with Gasteiger partial charge in [0, 0.05) is 17.6 Å². The summed E-state index contributed by atoms with van der Waals surface area (Å²) in [6, 6.07) is 7.13. The molecule has 1 heterocycles. The second-order valence-electron chi connectivity index (χ2n) is 5.79. The topological polar surface area (TPSA) is 79.9 Å². The molecule has 7 nitrogen and oxygen atoms in total. The van der Waals surface area contributed by atoms with E-state index in [1.807, 2.05) is 30.9 Å². The fourth-order valence-electron chi connectivity index (χ4n) is 2.51. The largest absolute Gasteiger partial charge is 0.484 e. The normalized spacial score (nSPS) is 21.1. The molecular formula is C16H22BrN3O4. The number of benzene rings is 1. The van der Waals surface area contributed by atoms with E-state index in [0.717, 1.165) is 4.47 Å². The Bertz CT molecular complexity index is 557. The molecule has 1 aromatic carbocycles. The SMILES string of the molecule is CC1CN(CC(=O)NNC(=O)COc2ccc(Br)cc2)CC(C)O1. The molecule has 1 saturated heterocycles. The lowest BCUT2D eigenvalue weighted by Crippen LogP contribution is -2.52. The van der Waals surface area contributed by atoms with Crippen LogP contribution in [0.1, 0.15) is 13.8 Å². The van der Waals surface area contributed by atoms with Gasteiger partial charge in [-0.3, -0.25) is 25.3 Å². The van der Waals surface area contributed by atoms with Gasteiger partial charge in [0.2, 0.25) is 0 Å². The van der Waals surface area contributed by atoms with E-state index in [0.29, 0.717) is 18.8 Å². The second kappa shape index (κ2) is 9.00. The Kier molecular flexibility index (Phi) is 7.01. The highest BCUT2D eigenvalue weighted by atomic mass is 79.9. The van der Waals surface area contributed by atoms with Gasteiger partial charge in [-0.1, -0.05) is 15.9 Å². The van der Waals surface area contributed by atoms with Crippen molar-refractivity contribution in [1.29, 1.82) is 0 Å². The fraction of sp³-hybridized carbons (Fsp3) is 0.500. The maximum atomic E-state index is 11.9. The zero-order valence-corrected chi connectivity index (χ0v) is 15.3. The van der Waals surface area contributed by atoms with Crippen LogP contribution >= 0.6 is 15.9 Å². The molecule has 0 spiro atoms. The zero-order valence-electron chi connectivity index (χ0n) is 13.8. The van der Waals surface area contributed by atoms with Crippen molar-refractivity contribution in [2.45, 2.75) is 26.1 Å². The average Bonchev–Trinajstić information content (AvgIpc) is 2.51. The van der Waals surface area contributed by atoms with Gasteiger partial charge in [0.15, 0.2) is 6.61 Å². The van der Waals surface area contributed by atoms with Crippen molar-refractivity contribution in [3.8, 4) is 5.75 Å². The molecule has 8 heteroatoms. The lowest BCUT2D eigenvalue weighted by molar-refractivity contribution is -0.132. The van der Waals surface area contributed by atoms with E-state index in [-0.39, 0.29) is 31.3 Å². The first kappa shape index (κ1) is 18.7. The third-order valence-electron chi connectivity index (χ3n) is 3.39. The number of hydrogen-bond donors (Lipinski definition) is 2. The van der Waals surface area contributed by atoms with E-state index < -0.39 is 5.91 Å². The van der Waals surface area contributed by atoms with Crippen LogP contribution in [-0.4, -0.2) is 55.2 Å². The van der Waals surface area contributed by atoms with Gasteiger partial charge in [0.25, 0.3) is 11.8 Å². The maximum absolute atomic E-state index is 11.9. The Morgan fingerprint density at radius 1 is 1.17 bits per heavy atom. The molecule has 0 aromatic heterocycles. The molecule has 2 amide bonds. The number of morpholine rings is 1. The van der Waals surface area contributed by atoms with Crippen molar-refractivity contribution in [3.05, 3.63) is 28.7 Å². The van der Waals surface area contributed by atoms with Crippen molar-refractivity contribution in [3.63, 3.8) is 0 Å². The van der Waals surface area contributed by atoms with Gasteiger partial charge in [-0.15, -0.1) is 0 Å². The van der Waals surface area contributed by atoms with Crippen molar-refractivity contribution in [1.82, 2.24) is 15.8 Å². The Hall–Kier alpha value is -1.64. The van der Waals surface area contributed by atoms with E-state index in [1.54, 1.807) is 12.1 Å². The van der Waals surface area contributed by atoms with E-state index in [9.17, 15) is 9.59 Å². The maximum Gasteiger partial charge on any atom is 0.276 e. The quantitative estimate of drug-likeness (QED) is 0.724. The molecule has 0 aliphatic carbocycles. The molecular weight excluding hydrogens is 378 g/mol. The number of nitrogens with zero attached hydrogens (tertiary/aromatic N) is 1. The van der Waals surface area contributed by atoms with Crippen molar-refractivity contribution >= 4 is 27.7 Å². The van der Waals surface area contributed by atoms with E-state index in [4.69, 9.17) is 9.47 Å². The van der Waals surface area contributed by atoms with Crippen LogP contribution in [0.4, 0.5) is 0 Å². The molecule has 1 aliphatic heterocycles. The number of nitrogens with one attached hydrogen (secondary N) is 2. The number of rotatable bonds is 5. The average molecular weight is 400 g/mol. The summed E-state index contributed by atoms with van der Waals surface area (Å²) in [5, 5.41) is 0. The number of carbonyl (C=O) groups excluding carboxylic acids is 2. The molecule has 0 saturated carbocycles. The summed E-state index contributed by atoms with van der Waals surface area (Å²) in [5.74, 6) is -0.112. The molecule has 1 aliphatic rings. The fourth-order valence-corrected chi connectivity index (χ4v) is 2.78. The van der Waals surface area contributed by atoms with Crippen molar-refractivity contribution < 1.29 is 19.1 Å². The molecule has 2 rings (SSSR count). The van der Waals surface area contributed by atoms with E-state index >= 15 is 0 Å². The minimum atomic E-state index is -0.421. The minimum Gasteiger partial charge on any atom is -0.484 e. The predicted molar refractivity (Wildman–Crippen MR) is 92.4 cm³/mol. The highest BCUT2D eigenvalue weighted by molar-refractivity contribution is 9.10. The van der Waals surface area contributed by atoms with Crippen LogP contribution in [0, 0.1) is 0 Å². The second-order valence-corrected chi connectivity index (χ2v) is 6.71. The molecule has 2 N–H and O–H groups in total. The number of halogens is 1. The van der Waals surface area contributed by atoms with Crippen LogP contribution in [0.2, 0.25) is 0 Å². The Morgan fingerprint density at radius 3 is 2.38 bits per heavy atom. The summed E-state index contributed by atoms with van der Waals surface area (Å²) in [4.78, 5) is 25.6. The lowest BCUT2D eigenvalue weighted by atomic mass is 10.2. The third kappa shape index (κ3) is 6.46. The van der Waals surface area contributed by atoms with Crippen LogP contribution in [0.15, 0.2) is 28.7 Å². The molecule has 1 aromatic rings. The Morgan fingerprint density at radius 2 is 1.75 bits per heavy atom. The van der Waals surface area contributed by atoms with Crippen LogP contribution < -0.4 is 15.6 Å². The first-order chi connectivity index (χ1) is 11.4. The van der Waals surface area contributed by atoms with Crippen LogP contribution in [0.5, 0.6) is 5.75 Å². The van der Waals surface area contributed by atoms with Gasteiger partial charge in [-0.25, -0.2) is 0 Å². The minimum absolute atomic E-state index is 0.0930. The first-order valence-electron chi connectivity index (χ1n) is 7.76. The number of carbonyl (C=O) groups is 2. The summed E-state index contributed by atoms with van der Waals surface area (Å²) >= 11 is 3.32. The summed E-state index contributed by atoms with van der Waals surface area (Å²) in [6.45, 7) is 5.37. The monoisotopic (exact) mass is 399 g/mol. The van der Waals surface area contributed by atoms with Gasteiger partial charge in [-0.05, 0) is 38.1 Å². The van der Waals surface area contributed by atoms with Gasteiger partial charge >= 0.3 is 0 Å². The van der Waals surface area contributed by atoms with E-state index in [1.165, 1.54) is 0 Å². The molecule has 1 fully saturated rings. The molecule has 0 radical (unpaired) electrons. The van der Waals surface area contributed by atoms with Gasteiger partial charge in [0.05, 0.1) is 18.8 Å². The van der Waals surface area contributed by atoms with Crippen molar-refractivity contribution in [2.75, 3.05) is 26.2 Å². The number of ether oxygens (including phenoxy) is 2. The zero-order chi connectivity index (χ0) is 17.5. The van der Waals surface area contributed by atoms with Gasteiger partial charge < -0.3 is 9.47 Å². The summed E-state index contributed by atoms with van der Waals surface area (Å²) < 4.78 is 11.9. The van der Waals surface area contributed by atoms with Crippen LogP contribution in [0.3, 0.4) is 0 Å². The Labute approximate surface area is 149 Å². The number of hydrogen-bond acceptors (Lipinski definition) is 5. The van der Waals surface area contributed by atoms with Crippen molar-refractivity contribution in [2.24, 2.45) is 0 Å². The smallest absolute Gasteiger partial charge is 0.276 e. The highest BCUT2D eigenvalue weighted by Crippen LogP contribution is 2.15. The standard InChI is InChI=1S/C16H22BrN3O4/c1-11-7-20(8-12(2)24-11)9-15(21)18-19-16(22)10-23-14-5-3-13(17)4-6-14/h3-6,11-12H,7-10H2,1-2H3,(H,18,21)(H,19,22). The predicted octanol–water partition coefficient (Wildman–Crippen LogP) is 1.08. The Balaban J connectivity index is 1.65. The van der Waals surface area contributed by atoms with Gasteiger partial charge in [-0.2, -0.15) is 0 Å². The first-order valence-corrected chi connectivity index (χ1v) is 8.55. The summed E-state index contributed by atoms with van der Waals surface area (Å²) in [6.07, 6.45) is 0.186. The summed E-state index contributed by atoms with van der Waals surface area (Å²) in [5.41, 5.74) is 4.74. The number of hydrazine groups is 1. The number of amides is 2. The summed E-state index contributed by atoms with van der Waals surface area (Å²) in [7, 11) is 0. The lowest BCUT2D eigenvalue weighted by Gasteiger charge is -2.34. The molecule has 24 heavy (non-hydrogen) atoms. The molecule has 132 valence electrons. The highest BCUT2D eigenvalue weighted by Gasteiger charge is 2.23. The van der Waals surface area contributed by atoms with Crippen LogP contribution in [-0.2, 0) is 14.3 Å². The molecule has 2 unspecified atom stereocenters. The molecule has 0 bridgehead atoms. The van der Waals surface area contributed by atoms with Gasteiger partial charge in [0.1, 0.15) is 5.75 Å². The van der Waals surface area contributed by atoms with Crippen LogP contribution in [0.25, 0.3) is 0 Å². The van der Waals surface area contributed by atoms with E-state index in [2.05, 4.69) is 26.8 Å². The molecule has 2 atom stereocenters. The third-order valence-corrected chi connectivity index (χ3v) is 3.92.